The Morgan fingerprint density at radius 2 is 2.00 bits per heavy atom. The van der Waals surface area contributed by atoms with Crippen molar-refractivity contribution < 1.29 is 14.6 Å². The summed E-state index contributed by atoms with van der Waals surface area (Å²) < 4.78 is 5.66. The van der Waals surface area contributed by atoms with Crippen molar-refractivity contribution in [3.05, 3.63) is 65.7 Å². The minimum atomic E-state index is -0.813. The summed E-state index contributed by atoms with van der Waals surface area (Å²) in [7, 11) is 0. The number of ether oxygens (including phenoxy) is 1. The lowest BCUT2D eigenvalue weighted by Crippen LogP contribution is -2.35. The average Bonchev–Trinajstić information content (AvgIpc) is 3.04. The molecule has 1 fully saturated rings. The fourth-order valence-corrected chi connectivity index (χ4v) is 3.11. The summed E-state index contributed by atoms with van der Waals surface area (Å²) in [6.45, 7) is 2.25. The molecule has 1 heterocycles. The average molecular weight is 311 g/mol. The SMILES string of the molecule is O=C(O)Cc1cccc(NCC2(c3ccccc3)CCOC2)c1. The standard InChI is InChI=1S/C19H21NO3/c21-18(22)12-15-5-4-8-17(11-15)20-13-19(9-10-23-14-19)16-6-2-1-3-7-16/h1-8,11,20H,9-10,12-14H2,(H,21,22). The highest BCUT2D eigenvalue weighted by molar-refractivity contribution is 5.70. The number of hydrogen-bond donors (Lipinski definition) is 2. The number of carbonyl (C=O) groups is 1. The van der Waals surface area contributed by atoms with Crippen molar-refractivity contribution in [1.82, 2.24) is 0 Å². The lowest BCUT2D eigenvalue weighted by atomic mass is 9.79. The van der Waals surface area contributed by atoms with Crippen LogP contribution >= 0.6 is 0 Å². The molecule has 1 saturated heterocycles. The van der Waals surface area contributed by atoms with Crippen LogP contribution in [0.2, 0.25) is 0 Å². The molecular formula is C19H21NO3. The van der Waals surface area contributed by atoms with Gasteiger partial charge in [0.05, 0.1) is 13.0 Å². The van der Waals surface area contributed by atoms with Crippen LogP contribution in [0.4, 0.5) is 5.69 Å². The summed E-state index contributed by atoms with van der Waals surface area (Å²) in [5, 5.41) is 12.4. The van der Waals surface area contributed by atoms with Gasteiger partial charge in [0.1, 0.15) is 0 Å². The Bertz CT molecular complexity index is 663. The van der Waals surface area contributed by atoms with E-state index in [1.165, 1.54) is 5.56 Å². The molecule has 0 aromatic heterocycles. The summed E-state index contributed by atoms with van der Waals surface area (Å²) in [5.41, 5.74) is 3.01. The number of aliphatic carboxylic acids is 1. The molecule has 4 heteroatoms. The number of hydrogen-bond acceptors (Lipinski definition) is 3. The van der Waals surface area contributed by atoms with Gasteiger partial charge < -0.3 is 15.2 Å². The zero-order valence-electron chi connectivity index (χ0n) is 13.0. The maximum atomic E-state index is 10.8. The first-order valence-corrected chi connectivity index (χ1v) is 7.86. The van der Waals surface area contributed by atoms with Gasteiger partial charge >= 0.3 is 5.97 Å². The summed E-state index contributed by atoms with van der Waals surface area (Å²) in [4.78, 5) is 10.8. The molecule has 2 aromatic rings. The topological polar surface area (TPSA) is 58.6 Å². The van der Waals surface area contributed by atoms with Crippen LogP contribution in [0.3, 0.4) is 0 Å². The Morgan fingerprint density at radius 3 is 2.70 bits per heavy atom. The van der Waals surface area contributed by atoms with Crippen LogP contribution in [0.5, 0.6) is 0 Å². The molecule has 0 bridgehead atoms. The molecule has 1 atom stereocenters. The minimum Gasteiger partial charge on any atom is -0.481 e. The van der Waals surface area contributed by atoms with Crippen LogP contribution in [0.1, 0.15) is 17.5 Å². The van der Waals surface area contributed by atoms with Crippen LogP contribution in [0.15, 0.2) is 54.6 Å². The molecule has 1 unspecified atom stereocenters. The molecule has 0 spiro atoms. The van der Waals surface area contributed by atoms with E-state index in [0.717, 1.165) is 30.8 Å². The van der Waals surface area contributed by atoms with Crippen LogP contribution < -0.4 is 5.32 Å². The number of benzene rings is 2. The summed E-state index contributed by atoms with van der Waals surface area (Å²) in [6, 6.07) is 18.0. The van der Waals surface area contributed by atoms with Gasteiger partial charge in [-0.2, -0.15) is 0 Å². The van der Waals surface area contributed by atoms with Crippen LogP contribution in [0.25, 0.3) is 0 Å². The largest absolute Gasteiger partial charge is 0.481 e. The second-order valence-electron chi connectivity index (χ2n) is 6.07. The van der Waals surface area contributed by atoms with Gasteiger partial charge in [0.2, 0.25) is 0 Å². The predicted molar refractivity (Wildman–Crippen MR) is 89.8 cm³/mol. The van der Waals surface area contributed by atoms with Crippen molar-refractivity contribution in [3.8, 4) is 0 Å². The fourth-order valence-electron chi connectivity index (χ4n) is 3.11. The Labute approximate surface area is 136 Å². The molecule has 0 saturated carbocycles. The van der Waals surface area contributed by atoms with Crippen LogP contribution in [-0.2, 0) is 21.4 Å². The first-order valence-electron chi connectivity index (χ1n) is 7.86. The maximum Gasteiger partial charge on any atom is 0.307 e. The van der Waals surface area contributed by atoms with Gasteiger partial charge in [-0.15, -0.1) is 0 Å². The molecular weight excluding hydrogens is 290 g/mol. The first kappa shape index (κ1) is 15.6. The molecule has 23 heavy (non-hydrogen) atoms. The van der Waals surface area contributed by atoms with E-state index < -0.39 is 5.97 Å². The van der Waals surface area contributed by atoms with Crippen molar-refractivity contribution in [3.63, 3.8) is 0 Å². The fraction of sp³-hybridized carbons (Fsp3) is 0.316. The molecule has 4 nitrogen and oxygen atoms in total. The van der Waals surface area contributed by atoms with E-state index in [-0.39, 0.29) is 11.8 Å². The van der Waals surface area contributed by atoms with Gasteiger partial charge in [-0.25, -0.2) is 0 Å². The van der Waals surface area contributed by atoms with Crippen molar-refractivity contribution in [2.24, 2.45) is 0 Å². The molecule has 1 aliphatic heterocycles. The van der Waals surface area contributed by atoms with Crippen molar-refractivity contribution in [2.75, 3.05) is 25.1 Å². The summed E-state index contributed by atoms with van der Waals surface area (Å²) in [5.74, 6) is -0.813. The van der Waals surface area contributed by atoms with Crippen LogP contribution in [0, 0.1) is 0 Å². The number of carboxylic acids is 1. The predicted octanol–water partition coefficient (Wildman–Crippen LogP) is 3.08. The third-order valence-electron chi connectivity index (χ3n) is 4.40. The van der Waals surface area contributed by atoms with Crippen molar-refractivity contribution in [1.29, 1.82) is 0 Å². The highest BCUT2D eigenvalue weighted by Gasteiger charge is 2.36. The van der Waals surface area contributed by atoms with E-state index in [0.29, 0.717) is 6.61 Å². The van der Waals surface area contributed by atoms with Crippen LogP contribution in [-0.4, -0.2) is 30.8 Å². The van der Waals surface area contributed by atoms with E-state index in [1.807, 2.05) is 30.3 Å². The van der Waals surface area contributed by atoms with Crippen molar-refractivity contribution >= 4 is 11.7 Å². The number of nitrogens with one attached hydrogen (secondary N) is 1. The summed E-state index contributed by atoms with van der Waals surface area (Å²) in [6.07, 6.45) is 1.03. The molecule has 0 aliphatic carbocycles. The summed E-state index contributed by atoms with van der Waals surface area (Å²) >= 11 is 0. The Balaban J connectivity index is 1.74. The van der Waals surface area contributed by atoms with Gasteiger partial charge in [-0.3, -0.25) is 4.79 Å². The Hall–Kier alpha value is -2.33. The van der Waals surface area contributed by atoms with Gasteiger partial charge in [0.25, 0.3) is 0 Å². The van der Waals surface area contributed by atoms with E-state index in [9.17, 15) is 4.79 Å². The smallest absolute Gasteiger partial charge is 0.307 e. The lowest BCUT2D eigenvalue weighted by Gasteiger charge is -2.29. The molecule has 120 valence electrons. The van der Waals surface area contributed by atoms with Crippen molar-refractivity contribution in [2.45, 2.75) is 18.3 Å². The van der Waals surface area contributed by atoms with Gasteiger partial charge in [0.15, 0.2) is 0 Å². The van der Waals surface area contributed by atoms with Gasteiger partial charge in [0, 0.05) is 24.3 Å². The normalized spacial score (nSPS) is 20.3. The maximum absolute atomic E-state index is 10.8. The monoisotopic (exact) mass is 311 g/mol. The zero-order chi connectivity index (χ0) is 16.1. The van der Waals surface area contributed by atoms with Gasteiger partial charge in [-0.05, 0) is 29.7 Å². The molecule has 0 radical (unpaired) electrons. The zero-order valence-corrected chi connectivity index (χ0v) is 13.0. The molecule has 2 aromatic carbocycles. The lowest BCUT2D eigenvalue weighted by molar-refractivity contribution is -0.136. The number of carboxylic acid groups (broad SMARTS) is 1. The number of anilines is 1. The van der Waals surface area contributed by atoms with E-state index in [2.05, 4.69) is 29.6 Å². The highest BCUT2D eigenvalue weighted by atomic mass is 16.5. The first-order chi connectivity index (χ1) is 11.2. The molecule has 3 rings (SSSR count). The van der Waals surface area contributed by atoms with Gasteiger partial charge in [-0.1, -0.05) is 42.5 Å². The molecule has 2 N–H and O–H groups in total. The quantitative estimate of drug-likeness (QED) is 0.861. The third-order valence-corrected chi connectivity index (χ3v) is 4.40. The van der Waals surface area contributed by atoms with E-state index in [1.54, 1.807) is 0 Å². The minimum absolute atomic E-state index is 0.0237. The third kappa shape index (κ3) is 3.71. The van der Waals surface area contributed by atoms with E-state index >= 15 is 0 Å². The molecule has 1 aliphatic rings. The Kier molecular flexibility index (Phi) is 4.63. The molecule has 0 amide bonds. The second kappa shape index (κ2) is 6.84. The highest BCUT2D eigenvalue weighted by Crippen LogP contribution is 2.33. The van der Waals surface area contributed by atoms with E-state index in [4.69, 9.17) is 9.84 Å². The second-order valence-corrected chi connectivity index (χ2v) is 6.07. The Morgan fingerprint density at radius 1 is 1.17 bits per heavy atom. The number of rotatable bonds is 6.